The minimum atomic E-state index is 0. The van der Waals surface area contributed by atoms with E-state index in [1.165, 1.54) is 0 Å². The largest absolute Gasteiger partial charge is 0.359 e. The molecule has 0 amide bonds. The molecule has 132 valence electrons. The van der Waals surface area contributed by atoms with Gasteiger partial charge in [-0.2, -0.15) is 0 Å². The normalized spacial score (nSPS) is 11.3. The maximum Gasteiger partial charge on any atom is 0.194 e. The van der Waals surface area contributed by atoms with Gasteiger partial charge in [0.05, 0.1) is 12.2 Å². The second-order valence-electron chi connectivity index (χ2n) is 5.76. The highest BCUT2D eigenvalue weighted by atomic mass is 127. The van der Waals surface area contributed by atoms with Gasteiger partial charge in [-0.3, -0.25) is 4.99 Å². The molecule has 0 bridgehead atoms. The van der Waals surface area contributed by atoms with Crippen LogP contribution in [0.5, 0.6) is 0 Å². The topological polar surface area (TPSA) is 53.7 Å². The van der Waals surface area contributed by atoms with Gasteiger partial charge in [0.2, 0.25) is 0 Å². The van der Waals surface area contributed by atoms with Crippen LogP contribution in [-0.2, 0) is 13.1 Å². The fourth-order valence-electron chi connectivity index (χ4n) is 2.22. The van der Waals surface area contributed by atoms with Crippen molar-refractivity contribution in [2.75, 3.05) is 14.1 Å². The molecule has 1 aromatic carbocycles. The Balaban J connectivity index is 0.00000288. The van der Waals surface area contributed by atoms with E-state index in [0.29, 0.717) is 19.0 Å². The molecule has 0 saturated carbocycles. The van der Waals surface area contributed by atoms with E-state index in [2.05, 4.69) is 29.3 Å². The summed E-state index contributed by atoms with van der Waals surface area (Å²) in [5, 5.41) is 8.08. The fourth-order valence-corrected chi connectivity index (χ4v) is 2.43. The summed E-state index contributed by atoms with van der Waals surface area (Å²) in [6, 6.07) is 9.79. The summed E-state index contributed by atoms with van der Waals surface area (Å²) in [5.41, 5.74) is 2.09. The van der Waals surface area contributed by atoms with E-state index in [9.17, 15) is 0 Å². The number of aromatic nitrogens is 1. The third-order valence-electron chi connectivity index (χ3n) is 3.47. The molecule has 0 aliphatic carbocycles. The predicted octanol–water partition coefficient (Wildman–Crippen LogP) is 4.28. The van der Waals surface area contributed by atoms with Crippen LogP contribution in [0.1, 0.15) is 36.8 Å². The highest BCUT2D eigenvalue weighted by molar-refractivity contribution is 14.0. The second kappa shape index (κ2) is 9.88. The lowest BCUT2D eigenvalue weighted by atomic mass is 10.1. The number of benzene rings is 1. The Bertz CT molecular complexity index is 672. The first kappa shape index (κ1) is 20.8. The number of hydrogen-bond acceptors (Lipinski definition) is 3. The number of aliphatic imine (C=N–C) groups is 1. The molecule has 7 heteroatoms. The highest BCUT2D eigenvalue weighted by Crippen LogP contribution is 2.14. The van der Waals surface area contributed by atoms with Crippen molar-refractivity contribution in [3.8, 4) is 0 Å². The summed E-state index contributed by atoms with van der Waals surface area (Å²) < 4.78 is 5.33. The van der Waals surface area contributed by atoms with Crippen LogP contribution in [0.2, 0.25) is 5.02 Å². The van der Waals surface area contributed by atoms with Gasteiger partial charge in [-0.1, -0.05) is 42.7 Å². The van der Waals surface area contributed by atoms with Gasteiger partial charge in [-0.05, 0) is 23.6 Å². The summed E-state index contributed by atoms with van der Waals surface area (Å²) in [6.45, 7) is 5.44. The molecule has 0 unspecified atom stereocenters. The maximum atomic E-state index is 6.03. The van der Waals surface area contributed by atoms with E-state index < -0.39 is 0 Å². The molecular weight excluding hydrogens is 439 g/mol. The van der Waals surface area contributed by atoms with Gasteiger partial charge >= 0.3 is 0 Å². The Morgan fingerprint density at radius 2 is 2.12 bits per heavy atom. The van der Waals surface area contributed by atoms with E-state index in [0.717, 1.165) is 28.0 Å². The zero-order valence-corrected chi connectivity index (χ0v) is 17.5. The van der Waals surface area contributed by atoms with Gasteiger partial charge in [-0.25, -0.2) is 0 Å². The molecule has 0 fully saturated rings. The molecule has 0 radical (unpaired) electrons. The van der Waals surface area contributed by atoms with Gasteiger partial charge in [0.25, 0.3) is 0 Å². The molecule has 5 nitrogen and oxygen atoms in total. The van der Waals surface area contributed by atoms with Crippen LogP contribution >= 0.6 is 35.6 Å². The molecule has 1 aromatic heterocycles. The van der Waals surface area contributed by atoms with Crippen molar-refractivity contribution in [2.45, 2.75) is 32.9 Å². The third kappa shape index (κ3) is 5.98. The van der Waals surface area contributed by atoms with Crippen LogP contribution in [0.3, 0.4) is 0 Å². The van der Waals surface area contributed by atoms with Crippen LogP contribution in [0.4, 0.5) is 0 Å². The van der Waals surface area contributed by atoms with E-state index in [1.807, 2.05) is 42.3 Å². The van der Waals surface area contributed by atoms with Gasteiger partial charge in [0.15, 0.2) is 11.7 Å². The average Bonchev–Trinajstić information content (AvgIpc) is 2.97. The number of halogens is 2. The summed E-state index contributed by atoms with van der Waals surface area (Å²) >= 11 is 6.03. The van der Waals surface area contributed by atoms with Crippen molar-refractivity contribution < 1.29 is 4.52 Å². The zero-order chi connectivity index (χ0) is 16.8. The van der Waals surface area contributed by atoms with E-state index in [-0.39, 0.29) is 24.0 Å². The van der Waals surface area contributed by atoms with Gasteiger partial charge < -0.3 is 14.7 Å². The lowest BCUT2D eigenvalue weighted by Gasteiger charge is -2.21. The fraction of sp³-hybridized carbons (Fsp3) is 0.412. The first-order valence-corrected chi connectivity index (χ1v) is 7.99. The van der Waals surface area contributed by atoms with Crippen molar-refractivity contribution in [2.24, 2.45) is 4.99 Å². The van der Waals surface area contributed by atoms with Crippen LogP contribution in [0.15, 0.2) is 39.8 Å². The van der Waals surface area contributed by atoms with Crippen molar-refractivity contribution in [3.05, 3.63) is 52.4 Å². The monoisotopic (exact) mass is 462 g/mol. The third-order valence-corrected chi connectivity index (χ3v) is 3.71. The first-order valence-electron chi connectivity index (χ1n) is 7.61. The van der Waals surface area contributed by atoms with Crippen LogP contribution < -0.4 is 5.32 Å². The Morgan fingerprint density at radius 3 is 2.71 bits per heavy atom. The lowest BCUT2D eigenvalue weighted by Crippen LogP contribution is -2.37. The number of hydrogen-bond donors (Lipinski definition) is 1. The zero-order valence-electron chi connectivity index (χ0n) is 14.4. The van der Waals surface area contributed by atoms with E-state index >= 15 is 0 Å². The smallest absolute Gasteiger partial charge is 0.194 e. The Kier molecular flexibility index (Phi) is 8.55. The number of nitrogens with zero attached hydrogens (tertiary/aromatic N) is 3. The molecule has 24 heavy (non-hydrogen) atoms. The quantitative estimate of drug-likeness (QED) is 0.409. The average molecular weight is 463 g/mol. The Morgan fingerprint density at radius 1 is 1.38 bits per heavy atom. The number of nitrogens with one attached hydrogen (secondary N) is 1. The molecule has 1 N–H and O–H groups in total. The van der Waals surface area contributed by atoms with Crippen LogP contribution in [0, 0.1) is 0 Å². The van der Waals surface area contributed by atoms with E-state index in [1.54, 1.807) is 7.05 Å². The number of rotatable bonds is 5. The lowest BCUT2D eigenvalue weighted by molar-refractivity contribution is 0.369. The van der Waals surface area contributed by atoms with Crippen LogP contribution in [0.25, 0.3) is 0 Å². The van der Waals surface area contributed by atoms with Gasteiger partial charge in [0, 0.05) is 31.7 Å². The first-order chi connectivity index (χ1) is 11.0. The minimum Gasteiger partial charge on any atom is -0.359 e. The van der Waals surface area contributed by atoms with Crippen molar-refractivity contribution >= 4 is 41.5 Å². The standard InChI is InChI=1S/C17H23ClN4O.HI/c1-12(2)16-9-15(23-21-16)10-20-17(19-3)22(4)11-13-6-5-7-14(18)8-13;/h5-9,12H,10-11H2,1-4H3,(H,19,20);1H. The Labute approximate surface area is 165 Å². The van der Waals surface area contributed by atoms with Crippen LogP contribution in [-0.4, -0.2) is 30.1 Å². The van der Waals surface area contributed by atoms with Crippen molar-refractivity contribution in [1.29, 1.82) is 0 Å². The molecule has 0 aliphatic heterocycles. The SMILES string of the molecule is CN=C(NCc1cc(C(C)C)no1)N(C)Cc1cccc(Cl)c1.I. The van der Waals surface area contributed by atoms with E-state index in [4.69, 9.17) is 16.1 Å². The molecule has 0 spiro atoms. The minimum absolute atomic E-state index is 0. The molecule has 2 aromatic rings. The number of guanidine groups is 1. The Hall–Kier alpha value is -1.28. The summed E-state index contributed by atoms with van der Waals surface area (Å²) in [5.74, 6) is 1.94. The predicted molar refractivity (Wildman–Crippen MR) is 109 cm³/mol. The van der Waals surface area contributed by atoms with Gasteiger partial charge in [0.1, 0.15) is 0 Å². The molecule has 1 heterocycles. The summed E-state index contributed by atoms with van der Waals surface area (Å²) in [4.78, 5) is 6.33. The van der Waals surface area contributed by atoms with Crippen molar-refractivity contribution in [3.63, 3.8) is 0 Å². The summed E-state index contributed by atoms with van der Waals surface area (Å²) in [7, 11) is 3.74. The molecule has 0 aliphatic rings. The van der Waals surface area contributed by atoms with Gasteiger partial charge in [-0.15, -0.1) is 24.0 Å². The molecule has 0 saturated heterocycles. The molecule has 0 atom stereocenters. The maximum absolute atomic E-state index is 6.03. The second-order valence-corrected chi connectivity index (χ2v) is 6.20. The van der Waals surface area contributed by atoms with Crippen molar-refractivity contribution in [1.82, 2.24) is 15.4 Å². The highest BCUT2D eigenvalue weighted by Gasteiger charge is 2.10. The molecular formula is C17H24ClIN4O. The molecule has 2 rings (SSSR count). The summed E-state index contributed by atoms with van der Waals surface area (Å²) in [6.07, 6.45) is 0.